The minimum absolute atomic E-state index is 0.0312. The van der Waals surface area contributed by atoms with Crippen molar-refractivity contribution in [2.24, 2.45) is 0 Å². The Bertz CT molecular complexity index is 1430. The molecule has 7 heteroatoms. The van der Waals surface area contributed by atoms with Crippen LogP contribution in [0.4, 0.5) is 0 Å². The number of ether oxygens (including phenoxy) is 2. The Morgan fingerprint density at radius 1 is 0.805 bits per heavy atom. The molecule has 0 radical (unpaired) electrons. The lowest BCUT2D eigenvalue weighted by atomic mass is 10.0. The molecule has 0 atom stereocenters. The predicted octanol–water partition coefficient (Wildman–Crippen LogP) is 6.86. The van der Waals surface area contributed by atoms with Gasteiger partial charge in [0.25, 0.3) is 5.91 Å². The topological polar surface area (TPSA) is 59.1 Å². The highest BCUT2D eigenvalue weighted by Gasteiger charge is 2.23. The lowest BCUT2D eigenvalue weighted by molar-refractivity contribution is -0.132. The first-order valence-corrected chi connectivity index (χ1v) is 14.8. The van der Waals surface area contributed by atoms with Crippen LogP contribution in [0.25, 0.3) is 11.1 Å². The van der Waals surface area contributed by atoms with Gasteiger partial charge in [-0.1, -0.05) is 55.5 Å². The Labute approximate surface area is 247 Å². The van der Waals surface area contributed by atoms with Crippen molar-refractivity contribution in [1.82, 2.24) is 9.80 Å². The second-order valence-corrected chi connectivity index (χ2v) is 11.0. The van der Waals surface area contributed by atoms with Crippen molar-refractivity contribution in [3.8, 4) is 22.6 Å². The Morgan fingerprint density at radius 3 is 2.15 bits per heavy atom. The molecule has 0 unspecified atom stereocenters. The zero-order valence-electron chi connectivity index (χ0n) is 24.3. The molecular formula is C34H38N2O4S. The van der Waals surface area contributed by atoms with Gasteiger partial charge in [0.15, 0.2) is 11.5 Å². The van der Waals surface area contributed by atoms with Gasteiger partial charge in [0, 0.05) is 23.5 Å². The molecule has 3 aromatic carbocycles. The van der Waals surface area contributed by atoms with Crippen LogP contribution >= 0.6 is 11.3 Å². The summed E-state index contributed by atoms with van der Waals surface area (Å²) in [6, 6.07) is 25.6. The molecule has 0 saturated heterocycles. The Balaban J connectivity index is 1.50. The molecule has 0 spiro atoms. The summed E-state index contributed by atoms with van der Waals surface area (Å²) in [5.74, 6) is 1.13. The maximum Gasteiger partial charge on any atom is 0.254 e. The second-order valence-electron chi connectivity index (χ2n) is 9.95. The van der Waals surface area contributed by atoms with Crippen LogP contribution in [0.3, 0.4) is 0 Å². The third-order valence-corrected chi connectivity index (χ3v) is 8.13. The van der Waals surface area contributed by atoms with Crippen molar-refractivity contribution in [3.63, 3.8) is 0 Å². The van der Waals surface area contributed by atoms with Crippen LogP contribution in [0.2, 0.25) is 0 Å². The molecule has 2 amide bonds. The Hall–Kier alpha value is -4.10. The summed E-state index contributed by atoms with van der Waals surface area (Å²) in [5, 5.41) is 2.05. The zero-order valence-corrected chi connectivity index (χ0v) is 25.1. The van der Waals surface area contributed by atoms with E-state index in [1.165, 1.54) is 5.56 Å². The third kappa shape index (κ3) is 7.76. The van der Waals surface area contributed by atoms with E-state index in [-0.39, 0.29) is 18.4 Å². The molecule has 0 N–H and O–H groups in total. The minimum atomic E-state index is -0.132. The number of hydrogen-bond acceptors (Lipinski definition) is 5. The van der Waals surface area contributed by atoms with Gasteiger partial charge in [-0.15, -0.1) is 11.3 Å². The lowest BCUT2D eigenvalue weighted by Gasteiger charge is -2.28. The third-order valence-electron chi connectivity index (χ3n) is 7.12. The summed E-state index contributed by atoms with van der Waals surface area (Å²) in [7, 11) is 3.23. The molecule has 6 nitrogen and oxygen atoms in total. The number of amides is 2. The molecule has 0 aliphatic carbocycles. The van der Waals surface area contributed by atoms with Gasteiger partial charge in [-0.2, -0.15) is 0 Å². The molecule has 4 aromatic rings. The van der Waals surface area contributed by atoms with Gasteiger partial charge in [-0.25, -0.2) is 0 Å². The summed E-state index contributed by atoms with van der Waals surface area (Å²) in [6.07, 6.45) is 1.41. The number of carbonyl (C=O) groups excluding carboxylic acids is 2. The van der Waals surface area contributed by atoms with Crippen LogP contribution < -0.4 is 9.47 Å². The summed E-state index contributed by atoms with van der Waals surface area (Å²) in [4.78, 5) is 32.0. The van der Waals surface area contributed by atoms with Gasteiger partial charge in [0.05, 0.1) is 20.8 Å². The van der Waals surface area contributed by atoms with E-state index in [0.717, 1.165) is 28.0 Å². The molecule has 41 heavy (non-hydrogen) atoms. The highest BCUT2D eigenvalue weighted by atomic mass is 32.1. The molecule has 0 aliphatic heterocycles. The van der Waals surface area contributed by atoms with Gasteiger partial charge in [-0.05, 0) is 77.7 Å². The first-order valence-electron chi connectivity index (χ1n) is 13.9. The average Bonchev–Trinajstić information content (AvgIpc) is 3.42. The van der Waals surface area contributed by atoms with Gasteiger partial charge in [-0.3, -0.25) is 9.59 Å². The van der Waals surface area contributed by atoms with Crippen LogP contribution in [0.5, 0.6) is 11.5 Å². The molecule has 0 fully saturated rings. The summed E-state index contributed by atoms with van der Waals surface area (Å²) < 4.78 is 10.8. The monoisotopic (exact) mass is 570 g/mol. The Kier molecular flexibility index (Phi) is 10.6. The van der Waals surface area contributed by atoms with E-state index >= 15 is 0 Å². The molecule has 1 heterocycles. The van der Waals surface area contributed by atoms with Gasteiger partial charge in [0.2, 0.25) is 5.91 Å². The summed E-state index contributed by atoms with van der Waals surface area (Å²) >= 11 is 1.65. The van der Waals surface area contributed by atoms with Crippen molar-refractivity contribution < 1.29 is 19.1 Å². The van der Waals surface area contributed by atoms with Crippen molar-refractivity contribution in [2.45, 2.75) is 33.2 Å². The predicted molar refractivity (Wildman–Crippen MR) is 166 cm³/mol. The van der Waals surface area contributed by atoms with Crippen molar-refractivity contribution in [2.75, 3.05) is 33.9 Å². The molecule has 0 aliphatic rings. The lowest BCUT2D eigenvalue weighted by Crippen LogP contribution is -2.43. The van der Waals surface area contributed by atoms with E-state index in [9.17, 15) is 9.59 Å². The maximum atomic E-state index is 13.8. The van der Waals surface area contributed by atoms with E-state index in [4.69, 9.17) is 9.47 Å². The highest BCUT2D eigenvalue weighted by Crippen LogP contribution is 2.28. The summed E-state index contributed by atoms with van der Waals surface area (Å²) in [5.41, 5.74) is 4.94. The normalized spacial score (nSPS) is 10.7. The number of nitrogens with zero attached hydrogens (tertiary/aromatic N) is 2. The molecule has 1 aromatic heterocycles. The SMILES string of the molecule is CCCN(CC(=O)N(CCc1ccc(OC)c(OC)c1)Cc1sccc1C)C(=O)c1ccc(-c2ccccc2)cc1. The first-order chi connectivity index (χ1) is 19.9. The van der Waals surface area contributed by atoms with Crippen LogP contribution in [0.1, 0.15) is 39.7 Å². The summed E-state index contributed by atoms with van der Waals surface area (Å²) in [6.45, 7) is 5.65. The average molecular weight is 571 g/mol. The van der Waals surface area contributed by atoms with Gasteiger partial charge < -0.3 is 19.3 Å². The molecular weight excluding hydrogens is 532 g/mol. The number of thiophene rings is 1. The van der Waals surface area contributed by atoms with Gasteiger partial charge >= 0.3 is 0 Å². The van der Waals surface area contributed by atoms with E-state index in [2.05, 4.69) is 13.0 Å². The number of carbonyl (C=O) groups is 2. The smallest absolute Gasteiger partial charge is 0.254 e. The van der Waals surface area contributed by atoms with E-state index < -0.39 is 0 Å². The van der Waals surface area contributed by atoms with Crippen molar-refractivity contribution in [1.29, 1.82) is 0 Å². The van der Waals surface area contributed by atoms with Crippen LogP contribution in [0.15, 0.2) is 84.2 Å². The zero-order chi connectivity index (χ0) is 29.2. The van der Waals surface area contributed by atoms with Crippen LogP contribution in [0, 0.1) is 6.92 Å². The number of hydrogen-bond donors (Lipinski definition) is 0. The fourth-order valence-corrected chi connectivity index (χ4v) is 5.66. The molecule has 4 rings (SSSR count). The first kappa shape index (κ1) is 29.9. The number of rotatable bonds is 13. The highest BCUT2D eigenvalue weighted by molar-refractivity contribution is 7.10. The van der Waals surface area contributed by atoms with Crippen molar-refractivity contribution >= 4 is 23.2 Å². The number of aryl methyl sites for hydroxylation is 1. The van der Waals surface area contributed by atoms with E-state index in [1.807, 2.05) is 90.0 Å². The van der Waals surface area contributed by atoms with E-state index in [1.54, 1.807) is 30.5 Å². The Morgan fingerprint density at radius 2 is 1.51 bits per heavy atom. The fourth-order valence-electron chi connectivity index (χ4n) is 4.74. The molecule has 0 saturated carbocycles. The maximum absolute atomic E-state index is 13.8. The number of benzene rings is 3. The quantitative estimate of drug-likeness (QED) is 0.176. The standard InChI is InChI=1S/C34H38N2O4S/c1-5-19-36(34(38)29-14-12-28(13-15-29)27-9-7-6-8-10-27)24-33(37)35(23-32-25(2)18-21-41-32)20-17-26-11-16-30(39-3)31(22-26)40-4/h6-16,18,21-22H,5,17,19-20,23-24H2,1-4H3. The van der Waals surface area contributed by atoms with Gasteiger partial charge in [0.1, 0.15) is 6.54 Å². The van der Waals surface area contributed by atoms with Crippen LogP contribution in [-0.4, -0.2) is 55.5 Å². The molecule has 214 valence electrons. The largest absolute Gasteiger partial charge is 0.493 e. The van der Waals surface area contributed by atoms with E-state index in [0.29, 0.717) is 43.1 Å². The van der Waals surface area contributed by atoms with Crippen molar-refractivity contribution in [3.05, 3.63) is 106 Å². The van der Waals surface area contributed by atoms with Crippen LogP contribution in [-0.2, 0) is 17.8 Å². The fraction of sp³-hybridized carbons (Fsp3) is 0.294. The number of methoxy groups -OCH3 is 2. The molecule has 0 bridgehead atoms. The second kappa shape index (κ2) is 14.5. The minimum Gasteiger partial charge on any atom is -0.493 e.